The highest BCUT2D eigenvalue weighted by Gasteiger charge is 2.18. The van der Waals surface area contributed by atoms with E-state index in [0.29, 0.717) is 16.5 Å². The van der Waals surface area contributed by atoms with Gasteiger partial charge < -0.3 is 15.4 Å². The second kappa shape index (κ2) is 8.48. The van der Waals surface area contributed by atoms with E-state index in [0.717, 1.165) is 11.3 Å². The third kappa shape index (κ3) is 5.42. The van der Waals surface area contributed by atoms with Gasteiger partial charge in [-0.25, -0.2) is 13.1 Å². The average molecular weight is 394 g/mol. The highest BCUT2D eigenvalue weighted by molar-refractivity contribution is 7.89. The Morgan fingerprint density at radius 2 is 1.73 bits per heavy atom. The van der Waals surface area contributed by atoms with Crippen molar-refractivity contribution >= 4 is 38.7 Å². The molecule has 8 heteroatoms. The first-order valence-corrected chi connectivity index (χ1v) is 9.95. The van der Waals surface area contributed by atoms with Crippen molar-refractivity contribution in [2.45, 2.75) is 31.7 Å². The van der Waals surface area contributed by atoms with Gasteiger partial charge in [-0.2, -0.15) is 0 Å². The Balaban J connectivity index is 2.22. The summed E-state index contributed by atoms with van der Waals surface area (Å²) in [5.41, 5.74) is 2.44. The van der Waals surface area contributed by atoms with Crippen LogP contribution in [-0.2, 0) is 10.0 Å². The van der Waals surface area contributed by atoms with Gasteiger partial charge in [-0.3, -0.25) is 0 Å². The van der Waals surface area contributed by atoms with E-state index >= 15 is 0 Å². The highest BCUT2D eigenvalue weighted by Crippen LogP contribution is 2.28. The van der Waals surface area contributed by atoms with Crippen LogP contribution in [-0.4, -0.2) is 26.7 Å². The molecule has 6 nitrogen and oxygen atoms in total. The molecule has 2 rings (SSSR count). The molecule has 0 bridgehead atoms. The molecule has 0 aromatic heterocycles. The van der Waals surface area contributed by atoms with Crippen LogP contribution in [0.2, 0.25) is 0 Å². The molecule has 0 aliphatic heterocycles. The van der Waals surface area contributed by atoms with Crippen LogP contribution in [0.25, 0.3) is 0 Å². The minimum Gasteiger partial charge on any atom is -0.495 e. The summed E-state index contributed by atoms with van der Waals surface area (Å²) < 4.78 is 32.6. The van der Waals surface area contributed by atoms with Gasteiger partial charge in [0.15, 0.2) is 5.11 Å². The SMILES string of the molecule is COc1ccc(S(=O)(=O)NC(C)C)cc1NC(=S)Nc1ccc(C)cc1. The van der Waals surface area contributed by atoms with Gasteiger partial charge in [0, 0.05) is 11.7 Å². The third-order valence-electron chi connectivity index (χ3n) is 3.43. The number of sulfonamides is 1. The largest absolute Gasteiger partial charge is 0.495 e. The van der Waals surface area contributed by atoms with Crippen LogP contribution in [0.4, 0.5) is 11.4 Å². The number of hydrogen-bond acceptors (Lipinski definition) is 4. The van der Waals surface area contributed by atoms with Crippen molar-refractivity contribution in [3.05, 3.63) is 48.0 Å². The maximum absolute atomic E-state index is 12.4. The predicted molar refractivity (Wildman–Crippen MR) is 109 cm³/mol. The smallest absolute Gasteiger partial charge is 0.240 e. The van der Waals surface area contributed by atoms with Crippen molar-refractivity contribution < 1.29 is 13.2 Å². The number of benzene rings is 2. The zero-order chi connectivity index (χ0) is 19.3. The number of anilines is 2. The quantitative estimate of drug-likeness (QED) is 0.652. The van der Waals surface area contributed by atoms with Crippen molar-refractivity contribution in [3.63, 3.8) is 0 Å². The molecular weight excluding hydrogens is 370 g/mol. The van der Waals surface area contributed by atoms with E-state index < -0.39 is 10.0 Å². The molecule has 2 aromatic rings. The van der Waals surface area contributed by atoms with Gasteiger partial charge in [-0.15, -0.1) is 0 Å². The average Bonchev–Trinajstić information content (AvgIpc) is 2.55. The van der Waals surface area contributed by atoms with Crippen molar-refractivity contribution in [2.75, 3.05) is 17.7 Å². The lowest BCUT2D eigenvalue weighted by Crippen LogP contribution is -2.30. The van der Waals surface area contributed by atoms with Crippen LogP contribution in [0.1, 0.15) is 19.4 Å². The first kappa shape index (κ1) is 20.2. The summed E-state index contributed by atoms with van der Waals surface area (Å²) in [4.78, 5) is 0.132. The summed E-state index contributed by atoms with van der Waals surface area (Å²) in [7, 11) is -2.10. The molecule has 0 atom stereocenters. The van der Waals surface area contributed by atoms with E-state index in [1.54, 1.807) is 19.9 Å². The number of thiocarbonyl (C=S) groups is 1. The number of nitrogens with one attached hydrogen (secondary N) is 3. The summed E-state index contributed by atoms with van der Waals surface area (Å²) in [6.07, 6.45) is 0. The van der Waals surface area contributed by atoms with Gasteiger partial charge in [0.25, 0.3) is 0 Å². The number of methoxy groups -OCH3 is 1. The van der Waals surface area contributed by atoms with Crippen LogP contribution >= 0.6 is 12.2 Å². The normalized spacial score (nSPS) is 11.3. The zero-order valence-corrected chi connectivity index (χ0v) is 16.8. The molecule has 0 aliphatic carbocycles. The molecule has 0 amide bonds. The van der Waals surface area contributed by atoms with Crippen LogP contribution in [0.3, 0.4) is 0 Å². The predicted octanol–water partition coefficient (Wildman–Crippen LogP) is 3.50. The number of aryl methyl sites for hydroxylation is 1. The Hall–Kier alpha value is -2.16. The number of hydrogen-bond donors (Lipinski definition) is 3. The lowest BCUT2D eigenvalue weighted by atomic mass is 10.2. The Morgan fingerprint density at radius 1 is 1.08 bits per heavy atom. The molecule has 0 saturated heterocycles. The van der Waals surface area contributed by atoms with E-state index in [9.17, 15) is 8.42 Å². The Bertz CT molecular complexity index is 879. The number of rotatable bonds is 6. The van der Waals surface area contributed by atoms with Crippen molar-refractivity contribution in [3.8, 4) is 5.75 Å². The monoisotopic (exact) mass is 393 g/mol. The fraction of sp³-hybridized carbons (Fsp3) is 0.278. The molecule has 0 aliphatic rings. The topological polar surface area (TPSA) is 79.5 Å². The Morgan fingerprint density at radius 3 is 2.31 bits per heavy atom. The lowest BCUT2D eigenvalue weighted by Gasteiger charge is -2.16. The van der Waals surface area contributed by atoms with Crippen LogP contribution in [0.5, 0.6) is 5.75 Å². The second-order valence-corrected chi connectivity index (χ2v) is 8.21. The minimum atomic E-state index is -3.62. The molecule has 3 N–H and O–H groups in total. The van der Waals surface area contributed by atoms with E-state index in [1.165, 1.54) is 19.2 Å². The van der Waals surface area contributed by atoms with Gasteiger partial charge in [0.05, 0.1) is 17.7 Å². The molecule has 140 valence electrons. The summed E-state index contributed by atoms with van der Waals surface area (Å²) in [6, 6.07) is 12.1. The van der Waals surface area contributed by atoms with E-state index in [4.69, 9.17) is 17.0 Å². The summed E-state index contributed by atoms with van der Waals surface area (Å²) >= 11 is 5.32. The van der Waals surface area contributed by atoms with Gasteiger partial charge in [0.1, 0.15) is 5.75 Å². The van der Waals surface area contributed by atoms with Crippen LogP contribution in [0.15, 0.2) is 47.4 Å². The van der Waals surface area contributed by atoms with E-state index in [-0.39, 0.29) is 10.9 Å². The fourth-order valence-electron chi connectivity index (χ4n) is 2.25. The second-order valence-electron chi connectivity index (χ2n) is 6.08. The van der Waals surface area contributed by atoms with Crippen molar-refractivity contribution in [1.82, 2.24) is 4.72 Å². The van der Waals surface area contributed by atoms with Crippen LogP contribution in [0, 0.1) is 6.92 Å². The summed E-state index contributed by atoms with van der Waals surface area (Å²) in [5, 5.41) is 6.38. The Kier molecular flexibility index (Phi) is 6.57. The molecular formula is C18H23N3O3S2. The highest BCUT2D eigenvalue weighted by atomic mass is 32.2. The van der Waals surface area contributed by atoms with Gasteiger partial charge in [-0.1, -0.05) is 17.7 Å². The van der Waals surface area contributed by atoms with E-state index in [2.05, 4.69) is 15.4 Å². The van der Waals surface area contributed by atoms with Gasteiger partial charge in [0.2, 0.25) is 10.0 Å². The molecule has 0 spiro atoms. The maximum Gasteiger partial charge on any atom is 0.240 e. The molecule has 0 saturated carbocycles. The molecule has 2 aromatic carbocycles. The van der Waals surface area contributed by atoms with Gasteiger partial charge in [-0.05, 0) is 63.3 Å². The lowest BCUT2D eigenvalue weighted by molar-refractivity contribution is 0.416. The first-order chi connectivity index (χ1) is 12.2. The first-order valence-electron chi connectivity index (χ1n) is 8.06. The fourth-order valence-corrected chi connectivity index (χ4v) is 3.76. The van der Waals surface area contributed by atoms with Gasteiger partial charge >= 0.3 is 0 Å². The molecule has 0 radical (unpaired) electrons. The van der Waals surface area contributed by atoms with Crippen LogP contribution < -0.4 is 20.1 Å². The van der Waals surface area contributed by atoms with Crippen molar-refractivity contribution in [1.29, 1.82) is 0 Å². The standard InChI is InChI=1S/C18H23N3O3S2/c1-12(2)21-26(22,23)15-9-10-17(24-4)16(11-15)20-18(25)19-14-7-5-13(3)6-8-14/h5-12,21H,1-4H3,(H2,19,20,25). The molecule has 0 heterocycles. The maximum atomic E-state index is 12.4. The zero-order valence-electron chi connectivity index (χ0n) is 15.2. The van der Waals surface area contributed by atoms with E-state index in [1.807, 2.05) is 31.2 Å². The summed E-state index contributed by atoms with van der Waals surface area (Å²) in [6.45, 7) is 5.53. The molecule has 0 fully saturated rings. The summed E-state index contributed by atoms with van der Waals surface area (Å²) in [5.74, 6) is 0.488. The van der Waals surface area contributed by atoms with Crippen molar-refractivity contribution in [2.24, 2.45) is 0 Å². The molecule has 26 heavy (non-hydrogen) atoms. The minimum absolute atomic E-state index is 0.132. The molecule has 0 unspecified atom stereocenters. The Labute approximate surface area is 160 Å². The number of ether oxygens (including phenoxy) is 1. The third-order valence-corrected chi connectivity index (χ3v) is 5.29.